The molecule has 0 bridgehead atoms. The third-order valence-electron chi connectivity index (χ3n) is 3.94. The maximum absolute atomic E-state index is 12.2. The first-order chi connectivity index (χ1) is 10.8. The number of carbonyl (C=O) groups is 1. The van der Waals surface area contributed by atoms with Gasteiger partial charge in [-0.05, 0) is 24.6 Å². The van der Waals surface area contributed by atoms with Crippen LogP contribution in [0, 0.1) is 0 Å². The molecule has 1 amide bonds. The summed E-state index contributed by atoms with van der Waals surface area (Å²) >= 11 is 0. The van der Waals surface area contributed by atoms with Crippen molar-refractivity contribution in [2.75, 3.05) is 31.1 Å². The highest BCUT2D eigenvalue weighted by molar-refractivity contribution is 5.76. The third kappa shape index (κ3) is 3.63. The van der Waals surface area contributed by atoms with Crippen molar-refractivity contribution in [2.45, 2.75) is 19.4 Å². The zero-order chi connectivity index (χ0) is 15.2. The zero-order valence-corrected chi connectivity index (χ0v) is 12.6. The van der Waals surface area contributed by atoms with Gasteiger partial charge in [-0.25, -0.2) is 9.97 Å². The molecule has 22 heavy (non-hydrogen) atoms. The quantitative estimate of drug-likeness (QED) is 0.837. The number of aromatic nitrogens is 3. The van der Waals surface area contributed by atoms with Crippen molar-refractivity contribution in [1.82, 2.24) is 19.4 Å². The van der Waals surface area contributed by atoms with Crippen LogP contribution in [0.15, 0.2) is 43.0 Å². The van der Waals surface area contributed by atoms with Crippen LogP contribution in [0.25, 0.3) is 0 Å². The van der Waals surface area contributed by atoms with Gasteiger partial charge >= 0.3 is 0 Å². The molecule has 0 aromatic carbocycles. The second kappa shape index (κ2) is 7.06. The van der Waals surface area contributed by atoms with Gasteiger partial charge in [-0.15, -0.1) is 0 Å². The van der Waals surface area contributed by atoms with E-state index in [0.29, 0.717) is 6.42 Å². The maximum atomic E-state index is 12.2. The van der Waals surface area contributed by atoms with Crippen LogP contribution in [0.5, 0.6) is 0 Å². The first kappa shape index (κ1) is 14.6. The number of nitrogens with zero attached hydrogens (tertiary/aromatic N) is 5. The fraction of sp³-hybridized carbons (Fsp3) is 0.438. The minimum absolute atomic E-state index is 0.251. The molecule has 0 atom stereocenters. The van der Waals surface area contributed by atoms with E-state index in [1.807, 2.05) is 35.5 Å². The highest BCUT2D eigenvalue weighted by atomic mass is 16.2. The SMILES string of the molecule is O=C(CCCn1cccc1)N1CCN(c2ncccn2)CC1. The van der Waals surface area contributed by atoms with Gasteiger partial charge in [0.1, 0.15) is 0 Å². The normalized spacial score (nSPS) is 15.1. The summed E-state index contributed by atoms with van der Waals surface area (Å²) in [6.45, 7) is 4.00. The topological polar surface area (TPSA) is 54.3 Å². The predicted molar refractivity (Wildman–Crippen MR) is 84.5 cm³/mol. The lowest BCUT2D eigenvalue weighted by Gasteiger charge is -2.34. The van der Waals surface area contributed by atoms with Gasteiger partial charge in [-0.3, -0.25) is 4.79 Å². The summed E-state index contributed by atoms with van der Waals surface area (Å²) in [5, 5.41) is 0. The third-order valence-corrected chi connectivity index (χ3v) is 3.94. The second-order valence-electron chi connectivity index (χ2n) is 5.44. The van der Waals surface area contributed by atoms with Gasteiger partial charge < -0.3 is 14.4 Å². The Kier molecular flexibility index (Phi) is 4.68. The van der Waals surface area contributed by atoms with Crippen molar-refractivity contribution < 1.29 is 4.79 Å². The van der Waals surface area contributed by atoms with Crippen molar-refractivity contribution in [1.29, 1.82) is 0 Å². The number of amides is 1. The van der Waals surface area contributed by atoms with Crippen LogP contribution in [0.1, 0.15) is 12.8 Å². The number of carbonyl (C=O) groups excluding carboxylic acids is 1. The summed E-state index contributed by atoms with van der Waals surface area (Å²) in [5.74, 6) is 1.00. The summed E-state index contributed by atoms with van der Waals surface area (Å²) in [4.78, 5) is 24.8. The molecule has 0 aliphatic carbocycles. The van der Waals surface area contributed by atoms with E-state index in [1.165, 1.54) is 0 Å². The molecule has 1 aliphatic heterocycles. The molecule has 1 saturated heterocycles. The van der Waals surface area contributed by atoms with E-state index in [-0.39, 0.29) is 5.91 Å². The average Bonchev–Trinajstić information content (AvgIpc) is 3.09. The van der Waals surface area contributed by atoms with Gasteiger partial charge in [0.05, 0.1) is 0 Å². The number of hydrogen-bond acceptors (Lipinski definition) is 4. The van der Waals surface area contributed by atoms with Crippen LogP contribution in [-0.4, -0.2) is 51.5 Å². The Morgan fingerprint density at radius 3 is 2.36 bits per heavy atom. The molecule has 6 heteroatoms. The van der Waals surface area contributed by atoms with Crippen LogP contribution in [0.3, 0.4) is 0 Å². The van der Waals surface area contributed by atoms with E-state index in [1.54, 1.807) is 12.4 Å². The average molecular weight is 299 g/mol. The van der Waals surface area contributed by atoms with Crippen molar-refractivity contribution in [3.8, 4) is 0 Å². The highest BCUT2D eigenvalue weighted by Crippen LogP contribution is 2.11. The Bertz CT molecular complexity index is 576. The summed E-state index contributed by atoms with van der Waals surface area (Å²) < 4.78 is 2.11. The molecular weight excluding hydrogens is 278 g/mol. The first-order valence-corrected chi connectivity index (χ1v) is 7.73. The van der Waals surface area contributed by atoms with Crippen LogP contribution in [-0.2, 0) is 11.3 Å². The number of anilines is 1. The van der Waals surface area contributed by atoms with Gasteiger partial charge in [0.25, 0.3) is 0 Å². The van der Waals surface area contributed by atoms with Gasteiger partial charge in [-0.2, -0.15) is 0 Å². The van der Waals surface area contributed by atoms with Crippen LogP contribution < -0.4 is 4.90 Å². The molecule has 1 fully saturated rings. The summed E-state index contributed by atoms with van der Waals surface area (Å²) in [5.41, 5.74) is 0. The maximum Gasteiger partial charge on any atom is 0.225 e. The molecule has 116 valence electrons. The Balaban J connectivity index is 1.42. The summed E-state index contributed by atoms with van der Waals surface area (Å²) in [7, 11) is 0. The minimum Gasteiger partial charge on any atom is -0.354 e. The van der Waals surface area contributed by atoms with Gasteiger partial charge in [0.15, 0.2) is 0 Å². The number of rotatable bonds is 5. The largest absolute Gasteiger partial charge is 0.354 e. The monoisotopic (exact) mass is 299 g/mol. The second-order valence-corrected chi connectivity index (χ2v) is 5.44. The standard InChI is InChI=1S/C16H21N5O/c22-15(5-3-10-19-8-1-2-9-19)20-11-13-21(14-12-20)16-17-6-4-7-18-16/h1-2,4,6-9H,3,5,10-14H2. The number of aryl methyl sites for hydroxylation is 1. The summed E-state index contributed by atoms with van der Waals surface area (Å²) in [6, 6.07) is 5.83. The summed E-state index contributed by atoms with van der Waals surface area (Å²) in [6.07, 6.45) is 9.06. The predicted octanol–water partition coefficient (Wildman–Crippen LogP) is 1.41. The van der Waals surface area contributed by atoms with E-state index in [0.717, 1.165) is 45.1 Å². The fourth-order valence-electron chi connectivity index (χ4n) is 2.70. The lowest BCUT2D eigenvalue weighted by Crippen LogP contribution is -2.49. The van der Waals surface area contributed by atoms with Gasteiger partial charge in [0, 0.05) is 63.9 Å². The van der Waals surface area contributed by atoms with Crippen LogP contribution in [0.4, 0.5) is 5.95 Å². The molecule has 0 spiro atoms. The Labute approximate surface area is 130 Å². The van der Waals surface area contributed by atoms with Crippen molar-refractivity contribution in [3.05, 3.63) is 43.0 Å². The van der Waals surface area contributed by atoms with Crippen molar-refractivity contribution >= 4 is 11.9 Å². The zero-order valence-electron chi connectivity index (χ0n) is 12.6. The van der Waals surface area contributed by atoms with Gasteiger partial charge in [0.2, 0.25) is 11.9 Å². The van der Waals surface area contributed by atoms with Crippen molar-refractivity contribution in [3.63, 3.8) is 0 Å². The molecule has 3 rings (SSSR count). The molecule has 1 aliphatic rings. The van der Waals surface area contributed by atoms with Gasteiger partial charge in [-0.1, -0.05) is 0 Å². The number of piperazine rings is 1. The molecular formula is C16H21N5O. The van der Waals surface area contributed by atoms with E-state index in [9.17, 15) is 4.79 Å². The molecule has 0 unspecified atom stereocenters. The van der Waals surface area contributed by atoms with E-state index >= 15 is 0 Å². The van der Waals surface area contributed by atoms with Crippen LogP contribution >= 0.6 is 0 Å². The van der Waals surface area contributed by atoms with Crippen LogP contribution in [0.2, 0.25) is 0 Å². The lowest BCUT2D eigenvalue weighted by molar-refractivity contribution is -0.131. The lowest BCUT2D eigenvalue weighted by atomic mass is 10.2. The molecule has 2 aromatic rings. The van der Waals surface area contributed by atoms with E-state index < -0.39 is 0 Å². The molecule has 0 N–H and O–H groups in total. The first-order valence-electron chi connectivity index (χ1n) is 7.73. The Hall–Kier alpha value is -2.37. The molecule has 3 heterocycles. The minimum atomic E-state index is 0.251. The smallest absolute Gasteiger partial charge is 0.225 e. The molecule has 0 radical (unpaired) electrons. The fourth-order valence-corrected chi connectivity index (χ4v) is 2.70. The van der Waals surface area contributed by atoms with E-state index in [4.69, 9.17) is 0 Å². The highest BCUT2D eigenvalue weighted by Gasteiger charge is 2.21. The Morgan fingerprint density at radius 1 is 1.00 bits per heavy atom. The number of hydrogen-bond donors (Lipinski definition) is 0. The molecule has 6 nitrogen and oxygen atoms in total. The van der Waals surface area contributed by atoms with Crippen molar-refractivity contribution in [2.24, 2.45) is 0 Å². The molecule has 0 saturated carbocycles. The van der Waals surface area contributed by atoms with E-state index in [2.05, 4.69) is 19.4 Å². The Morgan fingerprint density at radius 2 is 1.68 bits per heavy atom. The molecule has 2 aromatic heterocycles.